The quantitative estimate of drug-likeness (QED) is 0.736. The van der Waals surface area contributed by atoms with Crippen LogP contribution in [0.15, 0.2) is 22.7 Å². The minimum Gasteiger partial charge on any atom is -0.460 e. The molecule has 0 aliphatic rings. The molecular weight excluding hydrogens is 280 g/mol. The molecule has 2 aromatic heterocycles. The number of fused-ring (bicyclic) bond motifs is 1. The third kappa shape index (κ3) is 2.21. The molecule has 0 aliphatic carbocycles. The molecule has 3 rings (SSSR count). The van der Waals surface area contributed by atoms with Crippen LogP contribution in [0.2, 0.25) is 0 Å². The summed E-state index contributed by atoms with van der Waals surface area (Å²) in [5.74, 6) is -0.446. The number of carbonyl (C=O) groups excluding carboxylic acids is 1. The van der Waals surface area contributed by atoms with E-state index >= 15 is 0 Å². The van der Waals surface area contributed by atoms with E-state index in [1.54, 1.807) is 13.0 Å². The zero-order valence-corrected chi connectivity index (χ0v) is 11.3. The zero-order valence-electron chi connectivity index (χ0n) is 10.5. The van der Waals surface area contributed by atoms with E-state index in [1.807, 2.05) is 12.1 Å². The smallest absolute Gasteiger partial charge is 0.379 e. The first kappa shape index (κ1) is 12.5. The van der Waals surface area contributed by atoms with Gasteiger partial charge in [0.15, 0.2) is 5.13 Å². The highest BCUT2D eigenvalue weighted by molar-refractivity contribution is 7.22. The number of anilines is 1. The van der Waals surface area contributed by atoms with Gasteiger partial charge in [-0.3, -0.25) is 0 Å². The summed E-state index contributed by atoms with van der Waals surface area (Å²) >= 11 is 1.37. The Kier molecular flexibility index (Phi) is 3.07. The van der Waals surface area contributed by atoms with Crippen LogP contribution in [-0.4, -0.2) is 27.7 Å². The van der Waals surface area contributed by atoms with Crippen molar-refractivity contribution in [1.82, 2.24) is 15.1 Å². The Morgan fingerprint density at radius 3 is 3.10 bits per heavy atom. The monoisotopic (exact) mass is 290 g/mol. The van der Waals surface area contributed by atoms with E-state index in [9.17, 15) is 4.79 Å². The molecule has 102 valence electrons. The number of thiazole rings is 1. The number of hydrogen-bond acceptors (Lipinski definition) is 8. The molecule has 0 aliphatic heterocycles. The summed E-state index contributed by atoms with van der Waals surface area (Å²) in [6.45, 7) is 1.97. The average Bonchev–Trinajstić information content (AvgIpc) is 3.02. The molecule has 20 heavy (non-hydrogen) atoms. The first-order chi connectivity index (χ1) is 9.67. The van der Waals surface area contributed by atoms with Gasteiger partial charge in [0, 0.05) is 5.56 Å². The summed E-state index contributed by atoms with van der Waals surface area (Å²) < 4.78 is 10.8. The van der Waals surface area contributed by atoms with Crippen LogP contribution in [0.5, 0.6) is 0 Å². The van der Waals surface area contributed by atoms with Gasteiger partial charge in [0.1, 0.15) is 0 Å². The highest BCUT2D eigenvalue weighted by Gasteiger charge is 2.17. The molecule has 0 atom stereocenters. The van der Waals surface area contributed by atoms with Crippen LogP contribution in [0.3, 0.4) is 0 Å². The molecule has 2 N–H and O–H groups in total. The number of benzene rings is 1. The fourth-order valence-corrected chi connectivity index (χ4v) is 2.47. The lowest BCUT2D eigenvalue weighted by molar-refractivity contribution is 0.0508. The molecule has 0 radical (unpaired) electrons. The summed E-state index contributed by atoms with van der Waals surface area (Å²) in [7, 11) is 0. The fourth-order valence-electron chi connectivity index (χ4n) is 1.69. The Labute approximate surface area is 117 Å². The van der Waals surface area contributed by atoms with Crippen molar-refractivity contribution in [2.75, 3.05) is 12.3 Å². The topological polar surface area (TPSA) is 104 Å². The fraction of sp³-hybridized carbons (Fsp3) is 0.167. The Morgan fingerprint density at radius 1 is 1.45 bits per heavy atom. The van der Waals surface area contributed by atoms with Gasteiger partial charge in [0.05, 0.1) is 16.8 Å². The van der Waals surface area contributed by atoms with E-state index in [1.165, 1.54) is 11.3 Å². The maximum Gasteiger partial charge on any atom is 0.379 e. The number of rotatable bonds is 3. The SMILES string of the molecule is CCOC(=O)c1noc(-c2ccc3nc(N)sc3c2)n1. The normalized spacial score (nSPS) is 10.8. The highest BCUT2D eigenvalue weighted by Crippen LogP contribution is 2.28. The second kappa shape index (κ2) is 4.89. The minimum absolute atomic E-state index is 0.0919. The maximum atomic E-state index is 11.5. The number of ether oxygens (including phenoxy) is 1. The summed E-state index contributed by atoms with van der Waals surface area (Å²) in [4.78, 5) is 19.6. The van der Waals surface area contributed by atoms with E-state index in [0.717, 1.165) is 10.2 Å². The Morgan fingerprint density at radius 2 is 2.30 bits per heavy atom. The van der Waals surface area contributed by atoms with Crippen molar-refractivity contribution in [3.05, 3.63) is 24.0 Å². The summed E-state index contributed by atoms with van der Waals surface area (Å²) in [5.41, 5.74) is 7.16. The van der Waals surface area contributed by atoms with Crippen LogP contribution in [0.4, 0.5) is 5.13 Å². The largest absolute Gasteiger partial charge is 0.460 e. The molecule has 8 heteroatoms. The van der Waals surface area contributed by atoms with Gasteiger partial charge in [-0.25, -0.2) is 9.78 Å². The summed E-state index contributed by atoms with van der Waals surface area (Å²) in [6.07, 6.45) is 0. The highest BCUT2D eigenvalue weighted by atomic mass is 32.1. The lowest BCUT2D eigenvalue weighted by Gasteiger charge is -1.94. The van der Waals surface area contributed by atoms with Crippen LogP contribution in [0.25, 0.3) is 21.7 Å². The Hall–Kier alpha value is -2.48. The molecule has 3 aromatic rings. The predicted molar refractivity (Wildman–Crippen MR) is 73.3 cm³/mol. The van der Waals surface area contributed by atoms with Crippen LogP contribution in [0.1, 0.15) is 17.5 Å². The number of esters is 1. The molecule has 0 saturated heterocycles. The Balaban J connectivity index is 1.96. The van der Waals surface area contributed by atoms with Gasteiger partial charge >= 0.3 is 5.97 Å². The van der Waals surface area contributed by atoms with Crippen LogP contribution < -0.4 is 5.73 Å². The molecule has 2 heterocycles. The summed E-state index contributed by atoms with van der Waals surface area (Å²) in [5, 5.41) is 4.09. The average molecular weight is 290 g/mol. The molecule has 0 saturated carbocycles. The summed E-state index contributed by atoms with van der Waals surface area (Å²) in [6, 6.07) is 5.43. The van der Waals surface area contributed by atoms with Crippen LogP contribution in [0, 0.1) is 0 Å². The molecule has 0 amide bonds. The minimum atomic E-state index is -0.606. The first-order valence-electron chi connectivity index (χ1n) is 5.84. The first-order valence-corrected chi connectivity index (χ1v) is 6.66. The van der Waals surface area contributed by atoms with Crippen molar-refractivity contribution < 1.29 is 14.1 Å². The maximum absolute atomic E-state index is 11.5. The number of nitrogens with zero attached hydrogens (tertiary/aromatic N) is 3. The van der Waals surface area contributed by atoms with Crippen molar-refractivity contribution in [3.63, 3.8) is 0 Å². The van der Waals surface area contributed by atoms with Gasteiger partial charge in [-0.1, -0.05) is 11.3 Å². The molecule has 1 aromatic carbocycles. The number of carbonyl (C=O) groups is 1. The Bertz CT molecular complexity index is 780. The van der Waals surface area contributed by atoms with Gasteiger partial charge in [-0.2, -0.15) is 4.98 Å². The van der Waals surface area contributed by atoms with Gasteiger partial charge in [-0.15, -0.1) is 0 Å². The number of aromatic nitrogens is 3. The second-order valence-corrected chi connectivity index (χ2v) is 4.94. The standard InChI is InChI=1S/C12H10N4O3S/c1-2-18-11(17)9-15-10(19-16-9)6-3-4-7-8(5-6)20-12(13)14-7/h3-5H,2H2,1H3,(H2,13,14). The number of hydrogen-bond donors (Lipinski definition) is 1. The van der Waals surface area contributed by atoms with E-state index in [0.29, 0.717) is 10.7 Å². The van der Waals surface area contributed by atoms with E-state index < -0.39 is 5.97 Å². The third-order valence-corrected chi connectivity index (χ3v) is 3.38. The van der Waals surface area contributed by atoms with Gasteiger partial charge < -0.3 is 15.0 Å². The molecule has 0 fully saturated rings. The molecular formula is C12H10N4O3S. The van der Waals surface area contributed by atoms with Gasteiger partial charge in [-0.05, 0) is 30.3 Å². The van der Waals surface area contributed by atoms with E-state index in [4.69, 9.17) is 15.0 Å². The van der Waals surface area contributed by atoms with Crippen molar-refractivity contribution in [2.45, 2.75) is 6.92 Å². The molecule has 7 nitrogen and oxygen atoms in total. The zero-order chi connectivity index (χ0) is 14.1. The number of nitrogens with two attached hydrogens (primary N) is 1. The van der Waals surface area contributed by atoms with Crippen molar-refractivity contribution in [2.24, 2.45) is 0 Å². The van der Waals surface area contributed by atoms with Crippen molar-refractivity contribution in [1.29, 1.82) is 0 Å². The lowest BCUT2D eigenvalue weighted by atomic mass is 10.2. The predicted octanol–water partition coefficient (Wildman–Crippen LogP) is 2.11. The van der Waals surface area contributed by atoms with E-state index in [2.05, 4.69) is 15.1 Å². The van der Waals surface area contributed by atoms with Crippen molar-refractivity contribution >= 4 is 32.7 Å². The van der Waals surface area contributed by atoms with Gasteiger partial charge in [0.2, 0.25) is 0 Å². The molecule has 0 spiro atoms. The third-order valence-electron chi connectivity index (χ3n) is 2.54. The van der Waals surface area contributed by atoms with Crippen molar-refractivity contribution in [3.8, 4) is 11.5 Å². The van der Waals surface area contributed by atoms with Crippen LogP contribution >= 0.6 is 11.3 Å². The van der Waals surface area contributed by atoms with Gasteiger partial charge in [0.25, 0.3) is 11.7 Å². The molecule has 0 unspecified atom stereocenters. The van der Waals surface area contributed by atoms with E-state index in [-0.39, 0.29) is 18.3 Å². The van der Waals surface area contributed by atoms with Crippen LogP contribution in [-0.2, 0) is 4.74 Å². The molecule has 0 bridgehead atoms. The second-order valence-electron chi connectivity index (χ2n) is 3.88. The lowest BCUT2D eigenvalue weighted by Crippen LogP contribution is -2.06. The number of nitrogen functional groups attached to an aromatic ring is 1.